The molecular formula is C8H17N3. The topological polar surface area (TPSA) is 27.3 Å². The van der Waals surface area contributed by atoms with E-state index >= 15 is 0 Å². The lowest BCUT2D eigenvalue weighted by molar-refractivity contribution is 0.181. The van der Waals surface area contributed by atoms with Crippen molar-refractivity contribution < 1.29 is 0 Å². The average molecular weight is 155 g/mol. The van der Waals surface area contributed by atoms with Gasteiger partial charge in [-0.05, 0) is 25.9 Å². The van der Waals surface area contributed by atoms with Crippen molar-refractivity contribution in [3.8, 4) is 0 Å². The van der Waals surface area contributed by atoms with E-state index in [4.69, 9.17) is 0 Å². The van der Waals surface area contributed by atoms with Gasteiger partial charge in [0.15, 0.2) is 0 Å². The minimum atomic E-state index is 0.617. The summed E-state index contributed by atoms with van der Waals surface area (Å²) in [5.74, 6) is 0. The van der Waals surface area contributed by atoms with E-state index in [1.54, 1.807) is 0 Å². The van der Waals surface area contributed by atoms with Crippen LogP contribution in [-0.2, 0) is 0 Å². The molecule has 0 spiro atoms. The molecule has 2 saturated heterocycles. The first-order valence-electron chi connectivity index (χ1n) is 4.65. The van der Waals surface area contributed by atoms with Crippen molar-refractivity contribution in [2.24, 2.45) is 0 Å². The van der Waals surface area contributed by atoms with Crippen LogP contribution < -0.4 is 10.6 Å². The van der Waals surface area contributed by atoms with Crippen LogP contribution in [0.5, 0.6) is 0 Å². The predicted molar refractivity (Wildman–Crippen MR) is 45.5 cm³/mol. The number of nitrogens with one attached hydrogen (secondary N) is 2. The number of hydrogen-bond donors (Lipinski definition) is 2. The molecule has 0 aliphatic carbocycles. The summed E-state index contributed by atoms with van der Waals surface area (Å²) in [4.78, 5) is 2.55. The van der Waals surface area contributed by atoms with Gasteiger partial charge in [0.05, 0.1) is 6.17 Å². The minimum absolute atomic E-state index is 0.617. The maximum absolute atomic E-state index is 3.52. The molecule has 2 heterocycles. The van der Waals surface area contributed by atoms with E-state index in [2.05, 4.69) is 15.5 Å². The molecule has 2 rings (SSSR count). The summed E-state index contributed by atoms with van der Waals surface area (Å²) in [6, 6.07) is 0. The lowest BCUT2D eigenvalue weighted by atomic mass is 10.3. The van der Waals surface area contributed by atoms with Crippen molar-refractivity contribution in [2.75, 3.05) is 32.7 Å². The van der Waals surface area contributed by atoms with Gasteiger partial charge in [-0.2, -0.15) is 0 Å². The van der Waals surface area contributed by atoms with Gasteiger partial charge in [-0.1, -0.05) is 0 Å². The summed E-state index contributed by atoms with van der Waals surface area (Å²) < 4.78 is 0. The number of hydrogen-bond acceptors (Lipinski definition) is 3. The van der Waals surface area contributed by atoms with E-state index < -0.39 is 0 Å². The summed E-state index contributed by atoms with van der Waals surface area (Å²) in [5, 5.41) is 6.93. The molecule has 1 atom stereocenters. The van der Waals surface area contributed by atoms with E-state index in [0.29, 0.717) is 6.17 Å². The molecule has 2 aliphatic heterocycles. The molecule has 2 fully saturated rings. The van der Waals surface area contributed by atoms with Gasteiger partial charge in [-0.15, -0.1) is 0 Å². The van der Waals surface area contributed by atoms with Crippen LogP contribution in [-0.4, -0.2) is 43.8 Å². The zero-order valence-electron chi connectivity index (χ0n) is 6.97. The fourth-order valence-corrected chi connectivity index (χ4v) is 1.95. The lowest BCUT2D eigenvalue weighted by Crippen LogP contribution is -2.56. The zero-order valence-corrected chi connectivity index (χ0v) is 6.97. The number of rotatable bonds is 1. The van der Waals surface area contributed by atoms with Gasteiger partial charge in [-0.3, -0.25) is 10.2 Å². The van der Waals surface area contributed by atoms with Gasteiger partial charge in [-0.25, -0.2) is 0 Å². The second-order valence-corrected chi connectivity index (χ2v) is 3.42. The quantitative estimate of drug-likeness (QED) is 0.539. The SMILES string of the molecule is C1CCN(C2CNCCN2)C1. The summed E-state index contributed by atoms with van der Waals surface area (Å²) >= 11 is 0. The zero-order chi connectivity index (χ0) is 7.52. The number of nitrogens with zero attached hydrogens (tertiary/aromatic N) is 1. The van der Waals surface area contributed by atoms with Crippen LogP contribution in [0.2, 0.25) is 0 Å². The summed E-state index contributed by atoms with van der Waals surface area (Å²) in [6.45, 7) is 5.96. The highest BCUT2D eigenvalue weighted by atomic mass is 15.3. The van der Waals surface area contributed by atoms with Crippen LogP contribution in [0.4, 0.5) is 0 Å². The fraction of sp³-hybridized carbons (Fsp3) is 1.00. The normalized spacial score (nSPS) is 34.4. The number of piperazine rings is 1. The van der Waals surface area contributed by atoms with Crippen molar-refractivity contribution in [3.05, 3.63) is 0 Å². The van der Waals surface area contributed by atoms with E-state index in [-0.39, 0.29) is 0 Å². The van der Waals surface area contributed by atoms with Gasteiger partial charge in [0.25, 0.3) is 0 Å². The fourth-order valence-electron chi connectivity index (χ4n) is 1.95. The van der Waals surface area contributed by atoms with Gasteiger partial charge in [0.1, 0.15) is 0 Å². The third-order valence-corrected chi connectivity index (χ3v) is 2.60. The van der Waals surface area contributed by atoms with Crippen molar-refractivity contribution in [2.45, 2.75) is 19.0 Å². The monoisotopic (exact) mass is 155 g/mol. The molecule has 0 radical (unpaired) electrons. The van der Waals surface area contributed by atoms with Crippen LogP contribution in [0.3, 0.4) is 0 Å². The van der Waals surface area contributed by atoms with Crippen LogP contribution in [0.1, 0.15) is 12.8 Å². The second-order valence-electron chi connectivity index (χ2n) is 3.42. The highest BCUT2D eigenvalue weighted by molar-refractivity contribution is 4.79. The van der Waals surface area contributed by atoms with Crippen LogP contribution >= 0.6 is 0 Å². The molecule has 0 bridgehead atoms. The molecule has 0 aromatic heterocycles. The third kappa shape index (κ3) is 1.72. The second kappa shape index (κ2) is 3.52. The van der Waals surface area contributed by atoms with E-state index in [0.717, 1.165) is 19.6 Å². The van der Waals surface area contributed by atoms with E-state index in [1.165, 1.54) is 25.9 Å². The van der Waals surface area contributed by atoms with Gasteiger partial charge in [0.2, 0.25) is 0 Å². The Morgan fingerprint density at radius 1 is 1.09 bits per heavy atom. The Balaban J connectivity index is 1.82. The first kappa shape index (κ1) is 7.53. The smallest absolute Gasteiger partial charge is 0.0726 e. The average Bonchev–Trinajstić information content (AvgIpc) is 2.58. The van der Waals surface area contributed by atoms with Crippen LogP contribution in [0.15, 0.2) is 0 Å². The Morgan fingerprint density at radius 2 is 1.91 bits per heavy atom. The maximum Gasteiger partial charge on any atom is 0.0726 e. The molecule has 64 valence electrons. The molecule has 1 unspecified atom stereocenters. The van der Waals surface area contributed by atoms with E-state index in [9.17, 15) is 0 Å². The standard InChI is InChI=1S/C8H17N3/c1-2-6-11(5-1)8-7-9-3-4-10-8/h8-10H,1-7H2. The highest BCUT2D eigenvalue weighted by Gasteiger charge is 2.22. The van der Waals surface area contributed by atoms with Crippen LogP contribution in [0.25, 0.3) is 0 Å². The predicted octanol–water partition coefficient (Wildman–Crippen LogP) is -0.399. The highest BCUT2D eigenvalue weighted by Crippen LogP contribution is 2.10. The molecule has 0 aromatic rings. The first-order chi connectivity index (χ1) is 5.47. The Kier molecular flexibility index (Phi) is 2.41. The van der Waals surface area contributed by atoms with Crippen molar-refractivity contribution in [1.82, 2.24) is 15.5 Å². The lowest BCUT2D eigenvalue weighted by Gasteiger charge is -2.32. The van der Waals surface area contributed by atoms with Crippen molar-refractivity contribution in [1.29, 1.82) is 0 Å². The van der Waals surface area contributed by atoms with Gasteiger partial charge in [0, 0.05) is 19.6 Å². The van der Waals surface area contributed by atoms with Gasteiger partial charge < -0.3 is 5.32 Å². The molecule has 0 saturated carbocycles. The molecule has 2 N–H and O–H groups in total. The first-order valence-corrected chi connectivity index (χ1v) is 4.65. The van der Waals surface area contributed by atoms with Crippen LogP contribution in [0, 0.1) is 0 Å². The summed E-state index contributed by atoms with van der Waals surface area (Å²) in [7, 11) is 0. The maximum atomic E-state index is 3.52. The molecule has 3 heteroatoms. The van der Waals surface area contributed by atoms with E-state index in [1.807, 2.05) is 0 Å². The Labute approximate surface area is 68.1 Å². The molecule has 0 aromatic carbocycles. The summed E-state index contributed by atoms with van der Waals surface area (Å²) in [5.41, 5.74) is 0. The largest absolute Gasteiger partial charge is 0.313 e. The molecule has 2 aliphatic rings. The third-order valence-electron chi connectivity index (χ3n) is 2.60. The Morgan fingerprint density at radius 3 is 2.55 bits per heavy atom. The summed E-state index contributed by atoms with van der Waals surface area (Å²) in [6.07, 6.45) is 3.39. The number of likely N-dealkylation sites (tertiary alicyclic amines) is 1. The molecule has 3 nitrogen and oxygen atoms in total. The Hall–Kier alpha value is -0.120. The van der Waals surface area contributed by atoms with Gasteiger partial charge >= 0.3 is 0 Å². The molecular weight excluding hydrogens is 138 g/mol. The molecule has 11 heavy (non-hydrogen) atoms. The van der Waals surface area contributed by atoms with Crippen molar-refractivity contribution in [3.63, 3.8) is 0 Å². The molecule has 0 amide bonds. The minimum Gasteiger partial charge on any atom is -0.313 e. The van der Waals surface area contributed by atoms with Crippen molar-refractivity contribution >= 4 is 0 Å². The Bertz CT molecular complexity index is 115.